The highest BCUT2D eigenvalue weighted by molar-refractivity contribution is 5.85. The van der Waals surface area contributed by atoms with Gasteiger partial charge in [0.2, 0.25) is 5.91 Å². The van der Waals surface area contributed by atoms with Gasteiger partial charge in [0.1, 0.15) is 5.75 Å². The first-order valence-corrected chi connectivity index (χ1v) is 6.45. The number of rotatable bonds is 4. The van der Waals surface area contributed by atoms with Crippen molar-refractivity contribution in [1.29, 1.82) is 0 Å². The number of carbonyl (C=O) groups is 1. The van der Waals surface area contributed by atoms with E-state index in [1.165, 1.54) is 0 Å². The zero-order valence-corrected chi connectivity index (χ0v) is 13.6. The van der Waals surface area contributed by atoms with Crippen molar-refractivity contribution in [3.8, 4) is 5.75 Å². The third kappa shape index (κ3) is 5.02. The molecule has 0 radical (unpaired) electrons. The molecule has 0 aliphatic carbocycles. The Bertz CT molecular complexity index is 426. The van der Waals surface area contributed by atoms with Gasteiger partial charge in [-0.15, -0.1) is 12.4 Å². The van der Waals surface area contributed by atoms with Crippen molar-refractivity contribution < 1.29 is 9.53 Å². The van der Waals surface area contributed by atoms with Gasteiger partial charge in [0.25, 0.3) is 0 Å². The summed E-state index contributed by atoms with van der Waals surface area (Å²) >= 11 is 0. The molecule has 20 heavy (non-hydrogen) atoms. The van der Waals surface area contributed by atoms with Crippen molar-refractivity contribution in [3.05, 3.63) is 29.8 Å². The largest absolute Gasteiger partial charge is 0.497 e. The van der Waals surface area contributed by atoms with Crippen molar-refractivity contribution in [2.75, 3.05) is 7.11 Å². The van der Waals surface area contributed by atoms with Crippen LogP contribution in [-0.4, -0.2) is 19.1 Å². The Labute approximate surface area is 127 Å². The first kappa shape index (κ1) is 18.7. The molecule has 3 N–H and O–H groups in total. The molecular formula is C15H25ClN2O2. The average Bonchev–Trinajstić information content (AvgIpc) is 2.36. The molecule has 0 aliphatic heterocycles. The molecule has 0 aliphatic rings. The highest BCUT2D eigenvalue weighted by Crippen LogP contribution is 2.20. The molecule has 0 heterocycles. The molecule has 1 aromatic carbocycles. The van der Waals surface area contributed by atoms with Gasteiger partial charge in [0.05, 0.1) is 19.2 Å². The van der Waals surface area contributed by atoms with Gasteiger partial charge < -0.3 is 15.8 Å². The number of methoxy groups -OCH3 is 1. The molecule has 0 spiro atoms. The van der Waals surface area contributed by atoms with E-state index in [1.807, 2.05) is 52.0 Å². The second-order valence-corrected chi connectivity index (χ2v) is 5.85. The molecule has 1 amide bonds. The molecule has 2 atom stereocenters. The zero-order valence-electron chi connectivity index (χ0n) is 12.8. The number of benzene rings is 1. The van der Waals surface area contributed by atoms with E-state index < -0.39 is 6.04 Å². The molecule has 1 rings (SSSR count). The molecule has 5 heteroatoms. The van der Waals surface area contributed by atoms with E-state index in [4.69, 9.17) is 10.5 Å². The molecule has 0 aromatic heterocycles. The Morgan fingerprint density at radius 2 is 1.75 bits per heavy atom. The first-order valence-electron chi connectivity index (χ1n) is 6.45. The van der Waals surface area contributed by atoms with Crippen molar-refractivity contribution in [2.24, 2.45) is 11.1 Å². The molecule has 0 bridgehead atoms. The van der Waals surface area contributed by atoms with Crippen LogP contribution >= 0.6 is 12.4 Å². The van der Waals surface area contributed by atoms with Gasteiger partial charge in [-0.2, -0.15) is 0 Å². The summed E-state index contributed by atoms with van der Waals surface area (Å²) in [4.78, 5) is 12.0. The summed E-state index contributed by atoms with van der Waals surface area (Å²) in [6.07, 6.45) is 0. The molecule has 1 unspecified atom stereocenters. The Hall–Kier alpha value is -1.26. The number of ether oxygens (including phenoxy) is 1. The van der Waals surface area contributed by atoms with E-state index in [1.54, 1.807) is 7.11 Å². The van der Waals surface area contributed by atoms with E-state index in [2.05, 4.69) is 5.32 Å². The van der Waals surface area contributed by atoms with E-state index >= 15 is 0 Å². The number of carbonyl (C=O) groups excluding carboxylic acids is 1. The molecule has 1 aromatic rings. The minimum absolute atomic E-state index is 0. The summed E-state index contributed by atoms with van der Waals surface area (Å²) in [5, 5.41) is 2.94. The second kappa shape index (κ2) is 7.50. The summed E-state index contributed by atoms with van der Waals surface area (Å²) in [5.74, 6) is 0.671. The summed E-state index contributed by atoms with van der Waals surface area (Å²) < 4.78 is 5.11. The predicted octanol–water partition coefficient (Wildman–Crippen LogP) is 2.67. The lowest BCUT2D eigenvalue weighted by Gasteiger charge is -2.27. The highest BCUT2D eigenvalue weighted by Gasteiger charge is 2.28. The van der Waals surface area contributed by atoms with E-state index in [0.29, 0.717) is 0 Å². The minimum Gasteiger partial charge on any atom is -0.497 e. The smallest absolute Gasteiger partial charge is 0.237 e. The van der Waals surface area contributed by atoms with Gasteiger partial charge in [-0.3, -0.25) is 4.79 Å². The number of halogens is 1. The van der Waals surface area contributed by atoms with Crippen LogP contribution in [0.25, 0.3) is 0 Å². The molecular weight excluding hydrogens is 276 g/mol. The van der Waals surface area contributed by atoms with Crippen LogP contribution in [0.15, 0.2) is 24.3 Å². The van der Waals surface area contributed by atoms with Crippen LogP contribution in [0.2, 0.25) is 0 Å². The first-order chi connectivity index (χ1) is 8.75. The maximum absolute atomic E-state index is 12.0. The molecule has 114 valence electrons. The van der Waals surface area contributed by atoms with Gasteiger partial charge in [-0.25, -0.2) is 0 Å². The maximum atomic E-state index is 12.0. The second-order valence-electron chi connectivity index (χ2n) is 5.85. The minimum atomic E-state index is -0.520. The maximum Gasteiger partial charge on any atom is 0.237 e. The van der Waals surface area contributed by atoms with Crippen LogP contribution in [0.1, 0.15) is 39.3 Å². The number of hydrogen-bond acceptors (Lipinski definition) is 3. The molecule has 0 saturated heterocycles. The third-order valence-corrected chi connectivity index (χ3v) is 3.19. The van der Waals surface area contributed by atoms with Crippen LogP contribution < -0.4 is 15.8 Å². The van der Waals surface area contributed by atoms with Gasteiger partial charge in [-0.05, 0) is 30.0 Å². The monoisotopic (exact) mass is 300 g/mol. The fourth-order valence-corrected chi connectivity index (χ4v) is 1.67. The van der Waals surface area contributed by atoms with Gasteiger partial charge in [-0.1, -0.05) is 32.9 Å². The van der Waals surface area contributed by atoms with Crippen molar-refractivity contribution in [3.63, 3.8) is 0 Å². The summed E-state index contributed by atoms with van der Waals surface area (Å²) in [6, 6.07) is 7.03. The lowest BCUT2D eigenvalue weighted by Crippen LogP contribution is -2.49. The van der Waals surface area contributed by atoms with Crippen molar-refractivity contribution in [2.45, 2.75) is 39.8 Å². The lowest BCUT2D eigenvalue weighted by atomic mass is 9.86. The van der Waals surface area contributed by atoms with Gasteiger partial charge >= 0.3 is 0 Å². The molecule has 4 nitrogen and oxygen atoms in total. The summed E-state index contributed by atoms with van der Waals surface area (Å²) in [5.41, 5.74) is 6.71. The van der Waals surface area contributed by atoms with E-state index in [-0.39, 0.29) is 29.8 Å². The zero-order chi connectivity index (χ0) is 14.6. The van der Waals surface area contributed by atoms with Crippen LogP contribution in [0.5, 0.6) is 5.75 Å². The summed E-state index contributed by atoms with van der Waals surface area (Å²) in [7, 11) is 1.63. The topological polar surface area (TPSA) is 64.3 Å². The Kier molecular flexibility index (Phi) is 7.03. The van der Waals surface area contributed by atoms with Crippen LogP contribution in [0, 0.1) is 5.41 Å². The Morgan fingerprint density at radius 1 is 1.25 bits per heavy atom. The normalized spacial score (nSPS) is 13.9. The predicted molar refractivity (Wildman–Crippen MR) is 84.2 cm³/mol. The molecule has 0 saturated carbocycles. The van der Waals surface area contributed by atoms with Gasteiger partial charge in [0, 0.05) is 0 Å². The van der Waals surface area contributed by atoms with Crippen LogP contribution in [-0.2, 0) is 4.79 Å². The number of amides is 1. The van der Waals surface area contributed by atoms with Gasteiger partial charge in [0.15, 0.2) is 0 Å². The van der Waals surface area contributed by atoms with Crippen LogP contribution in [0.4, 0.5) is 0 Å². The third-order valence-electron chi connectivity index (χ3n) is 3.19. The van der Waals surface area contributed by atoms with Crippen LogP contribution in [0.3, 0.4) is 0 Å². The SMILES string of the molecule is COc1ccc(C(C)NC(=O)[C@@H](N)C(C)(C)C)cc1.Cl. The molecule has 0 fully saturated rings. The average molecular weight is 301 g/mol. The van der Waals surface area contributed by atoms with Crippen molar-refractivity contribution >= 4 is 18.3 Å². The van der Waals surface area contributed by atoms with Crippen molar-refractivity contribution in [1.82, 2.24) is 5.32 Å². The quantitative estimate of drug-likeness (QED) is 0.898. The fraction of sp³-hybridized carbons (Fsp3) is 0.533. The number of hydrogen-bond donors (Lipinski definition) is 2. The Balaban J connectivity index is 0.00000361. The highest BCUT2D eigenvalue weighted by atomic mass is 35.5. The Morgan fingerprint density at radius 3 is 2.15 bits per heavy atom. The summed E-state index contributed by atoms with van der Waals surface area (Å²) in [6.45, 7) is 7.80. The fourth-order valence-electron chi connectivity index (χ4n) is 1.67. The van der Waals surface area contributed by atoms with E-state index in [0.717, 1.165) is 11.3 Å². The van der Waals surface area contributed by atoms with E-state index in [9.17, 15) is 4.79 Å². The standard InChI is InChI=1S/C15H24N2O2.ClH/c1-10(11-6-8-12(19-5)9-7-11)17-14(18)13(16)15(2,3)4;/h6-10,13H,16H2,1-5H3,(H,17,18);1H/t10?,13-;/m1./s1. The number of nitrogens with one attached hydrogen (secondary N) is 1. The lowest BCUT2D eigenvalue weighted by molar-refractivity contribution is -0.125. The number of nitrogens with two attached hydrogens (primary N) is 1.